The van der Waals surface area contributed by atoms with Crippen molar-refractivity contribution in [1.29, 1.82) is 0 Å². The van der Waals surface area contributed by atoms with Gasteiger partial charge in [-0.3, -0.25) is 4.90 Å². The van der Waals surface area contributed by atoms with Crippen LogP contribution in [0.15, 0.2) is 18.2 Å². The third-order valence-corrected chi connectivity index (χ3v) is 4.30. The van der Waals surface area contributed by atoms with Crippen LogP contribution in [0.25, 0.3) is 0 Å². The third-order valence-electron chi connectivity index (χ3n) is 4.30. The molecule has 0 aromatic heterocycles. The highest BCUT2D eigenvalue weighted by Crippen LogP contribution is 2.21. The lowest BCUT2D eigenvalue weighted by atomic mass is 10.0. The van der Waals surface area contributed by atoms with Crippen molar-refractivity contribution < 1.29 is 9.50 Å². The highest BCUT2D eigenvalue weighted by molar-refractivity contribution is 5.33. The van der Waals surface area contributed by atoms with E-state index in [2.05, 4.69) is 36.0 Å². The molecule has 2 rings (SSSR count). The number of aromatic hydroxyl groups is 1. The number of phenolic OH excluding ortho intramolecular Hbond substituents is 1. The number of hydrogen-bond acceptors (Lipinski definition) is 4. The van der Waals surface area contributed by atoms with Crippen LogP contribution in [0.5, 0.6) is 5.75 Å². The first kappa shape index (κ1) is 16.2. The molecule has 118 valence electrons. The van der Waals surface area contributed by atoms with Gasteiger partial charge in [-0.25, -0.2) is 4.39 Å². The summed E-state index contributed by atoms with van der Waals surface area (Å²) in [4.78, 5) is 4.82. The molecule has 0 bridgehead atoms. The highest BCUT2D eigenvalue weighted by Gasteiger charge is 2.28. The van der Waals surface area contributed by atoms with E-state index in [0.717, 1.165) is 32.7 Å². The number of hydrogen-bond donors (Lipinski definition) is 2. The molecule has 4 nitrogen and oxygen atoms in total. The zero-order valence-corrected chi connectivity index (χ0v) is 13.2. The maximum absolute atomic E-state index is 13.3. The van der Waals surface area contributed by atoms with E-state index in [0.29, 0.717) is 12.1 Å². The van der Waals surface area contributed by atoms with Gasteiger partial charge < -0.3 is 15.3 Å². The first-order valence-corrected chi connectivity index (χ1v) is 7.51. The zero-order valence-electron chi connectivity index (χ0n) is 13.2. The Morgan fingerprint density at radius 2 is 1.90 bits per heavy atom. The van der Waals surface area contributed by atoms with Crippen LogP contribution >= 0.6 is 0 Å². The predicted octanol–water partition coefficient (Wildman–Crippen LogP) is 1.65. The van der Waals surface area contributed by atoms with E-state index >= 15 is 0 Å². The first-order valence-electron chi connectivity index (χ1n) is 7.51. The molecule has 0 spiro atoms. The minimum atomic E-state index is -0.562. The van der Waals surface area contributed by atoms with E-state index in [4.69, 9.17) is 0 Å². The largest absolute Gasteiger partial charge is 0.505 e. The summed E-state index contributed by atoms with van der Waals surface area (Å²) in [6.07, 6.45) is 0. The Kier molecular flexibility index (Phi) is 5.19. The Bertz CT molecular complexity index is 471. The molecule has 1 aliphatic heterocycles. The smallest absolute Gasteiger partial charge is 0.165 e. The van der Waals surface area contributed by atoms with Gasteiger partial charge in [-0.2, -0.15) is 0 Å². The van der Waals surface area contributed by atoms with Gasteiger partial charge in [0, 0.05) is 50.4 Å². The number of likely N-dealkylation sites (N-methyl/N-ethyl adjacent to an activating group) is 1. The summed E-state index contributed by atoms with van der Waals surface area (Å²) in [5, 5.41) is 13.0. The predicted molar refractivity (Wildman–Crippen MR) is 82.9 cm³/mol. The lowest BCUT2D eigenvalue weighted by Gasteiger charge is -2.43. The Morgan fingerprint density at radius 1 is 1.24 bits per heavy atom. The monoisotopic (exact) mass is 295 g/mol. The quantitative estimate of drug-likeness (QED) is 0.866. The van der Waals surface area contributed by atoms with Crippen molar-refractivity contribution in [3.05, 3.63) is 29.6 Å². The Morgan fingerprint density at radius 3 is 2.57 bits per heavy atom. The molecule has 1 aromatic carbocycles. The van der Waals surface area contributed by atoms with Gasteiger partial charge in [-0.15, -0.1) is 0 Å². The molecule has 0 saturated carbocycles. The summed E-state index contributed by atoms with van der Waals surface area (Å²) >= 11 is 0. The van der Waals surface area contributed by atoms with Gasteiger partial charge in [0.25, 0.3) is 0 Å². The zero-order chi connectivity index (χ0) is 15.5. The van der Waals surface area contributed by atoms with Crippen molar-refractivity contribution in [2.75, 3.05) is 39.8 Å². The fraction of sp³-hybridized carbons (Fsp3) is 0.625. The molecule has 5 heteroatoms. The number of phenols is 1. The van der Waals surface area contributed by atoms with Crippen LogP contribution in [0.4, 0.5) is 4.39 Å². The molecule has 0 radical (unpaired) electrons. The summed E-state index contributed by atoms with van der Waals surface area (Å²) in [6.45, 7) is 10.0. The van der Waals surface area contributed by atoms with Crippen LogP contribution in [-0.4, -0.2) is 60.2 Å². The van der Waals surface area contributed by atoms with Crippen LogP contribution in [0.2, 0.25) is 0 Å². The maximum Gasteiger partial charge on any atom is 0.165 e. The molecule has 0 amide bonds. The van der Waals surface area contributed by atoms with Crippen molar-refractivity contribution in [1.82, 2.24) is 15.1 Å². The summed E-state index contributed by atoms with van der Waals surface area (Å²) in [7, 11) is 2.15. The van der Waals surface area contributed by atoms with Gasteiger partial charge in [0.05, 0.1) is 0 Å². The molecule has 1 saturated heterocycles. The number of piperazine rings is 1. The first-order chi connectivity index (χ1) is 9.90. The molecule has 0 atom stereocenters. The number of para-hydroxylation sites is 1. The van der Waals surface area contributed by atoms with Gasteiger partial charge in [-0.1, -0.05) is 12.1 Å². The number of benzene rings is 1. The Balaban J connectivity index is 1.85. The minimum absolute atomic E-state index is 0.0458. The van der Waals surface area contributed by atoms with E-state index in [1.165, 1.54) is 6.07 Å². The fourth-order valence-electron chi connectivity index (χ4n) is 2.73. The van der Waals surface area contributed by atoms with Crippen molar-refractivity contribution in [2.45, 2.75) is 25.9 Å². The fourth-order valence-corrected chi connectivity index (χ4v) is 2.73. The van der Waals surface area contributed by atoms with E-state index in [-0.39, 0.29) is 11.3 Å². The summed E-state index contributed by atoms with van der Waals surface area (Å²) in [5.41, 5.74) is 0.647. The van der Waals surface area contributed by atoms with E-state index in [1.54, 1.807) is 12.1 Å². The summed E-state index contributed by atoms with van der Waals surface area (Å²) in [5.74, 6) is -0.810. The molecule has 0 aliphatic carbocycles. The molecule has 1 aliphatic rings. The SMILES string of the molecule is CN1CCN(C(C)(C)CNCc2cccc(F)c2O)CC1. The second-order valence-corrected chi connectivity index (χ2v) is 6.45. The van der Waals surface area contributed by atoms with Crippen molar-refractivity contribution in [3.8, 4) is 5.75 Å². The highest BCUT2D eigenvalue weighted by atomic mass is 19.1. The molecule has 1 heterocycles. The number of nitrogens with zero attached hydrogens (tertiary/aromatic N) is 2. The van der Waals surface area contributed by atoms with Gasteiger partial charge >= 0.3 is 0 Å². The van der Waals surface area contributed by atoms with Crippen molar-refractivity contribution in [2.24, 2.45) is 0 Å². The number of rotatable bonds is 5. The second-order valence-electron chi connectivity index (χ2n) is 6.45. The summed E-state index contributed by atoms with van der Waals surface area (Å²) in [6, 6.07) is 4.64. The lowest BCUT2D eigenvalue weighted by molar-refractivity contribution is 0.0617. The average Bonchev–Trinajstić information content (AvgIpc) is 2.44. The lowest BCUT2D eigenvalue weighted by Crippen LogP contribution is -2.57. The standard InChI is InChI=1S/C16H26FN3O/c1-16(2,20-9-7-19(3)8-10-20)12-18-11-13-5-4-6-14(17)15(13)21/h4-6,18,21H,7-12H2,1-3H3. The molecule has 1 aromatic rings. The van der Waals surface area contributed by atoms with Crippen LogP contribution in [0.3, 0.4) is 0 Å². The Labute approximate surface area is 126 Å². The van der Waals surface area contributed by atoms with Crippen LogP contribution < -0.4 is 5.32 Å². The summed E-state index contributed by atoms with van der Waals surface area (Å²) < 4.78 is 13.3. The van der Waals surface area contributed by atoms with E-state index < -0.39 is 5.82 Å². The van der Waals surface area contributed by atoms with Crippen LogP contribution in [0, 0.1) is 5.82 Å². The van der Waals surface area contributed by atoms with E-state index in [9.17, 15) is 9.50 Å². The van der Waals surface area contributed by atoms with Crippen LogP contribution in [0.1, 0.15) is 19.4 Å². The molecule has 0 unspecified atom stereocenters. The second kappa shape index (κ2) is 6.73. The van der Waals surface area contributed by atoms with Gasteiger partial charge in [-0.05, 0) is 27.0 Å². The molecular formula is C16H26FN3O. The van der Waals surface area contributed by atoms with Crippen molar-refractivity contribution >= 4 is 0 Å². The minimum Gasteiger partial charge on any atom is -0.505 e. The maximum atomic E-state index is 13.3. The number of halogens is 1. The van der Waals surface area contributed by atoms with Gasteiger partial charge in [0.15, 0.2) is 11.6 Å². The van der Waals surface area contributed by atoms with Crippen LogP contribution in [-0.2, 0) is 6.54 Å². The van der Waals surface area contributed by atoms with Crippen molar-refractivity contribution in [3.63, 3.8) is 0 Å². The van der Waals surface area contributed by atoms with Gasteiger partial charge in [0.2, 0.25) is 0 Å². The van der Waals surface area contributed by atoms with Gasteiger partial charge in [0.1, 0.15) is 0 Å². The molecule has 2 N–H and O–H groups in total. The third kappa shape index (κ3) is 4.15. The average molecular weight is 295 g/mol. The molecular weight excluding hydrogens is 269 g/mol. The van der Waals surface area contributed by atoms with E-state index in [1.807, 2.05) is 0 Å². The molecule has 21 heavy (non-hydrogen) atoms. The molecule has 1 fully saturated rings. The normalized spacial score (nSPS) is 18.1. The number of nitrogens with one attached hydrogen (secondary N) is 1. The Hall–Kier alpha value is -1.17. The topological polar surface area (TPSA) is 38.7 Å².